The molecular formula is C12H15NO3S. The molecule has 1 amide bonds. The van der Waals surface area contributed by atoms with Gasteiger partial charge in [-0.25, -0.2) is 0 Å². The molecule has 2 rings (SSSR count). The topological polar surface area (TPSA) is 55.4 Å². The van der Waals surface area contributed by atoms with Gasteiger partial charge in [0.1, 0.15) is 6.54 Å². The van der Waals surface area contributed by atoms with Gasteiger partial charge in [0.05, 0.1) is 6.61 Å². The molecule has 1 aliphatic carbocycles. The van der Waals surface area contributed by atoms with Gasteiger partial charge in [-0.2, -0.15) is 0 Å². The second kappa shape index (κ2) is 5.82. The molecule has 0 radical (unpaired) electrons. The Labute approximate surface area is 104 Å². The van der Waals surface area contributed by atoms with Gasteiger partial charge in [-0.15, -0.1) is 11.3 Å². The van der Waals surface area contributed by atoms with E-state index in [1.54, 1.807) is 11.3 Å². The molecule has 5 heteroatoms. The van der Waals surface area contributed by atoms with E-state index < -0.39 is 0 Å². The monoisotopic (exact) mass is 253 g/mol. The van der Waals surface area contributed by atoms with Crippen molar-refractivity contribution in [3.63, 3.8) is 0 Å². The van der Waals surface area contributed by atoms with Crippen molar-refractivity contribution >= 4 is 23.2 Å². The molecule has 0 atom stereocenters. The first-order valence-electron chi connectivity index (χ1n) is 5.71. The molecule has 17 heavy (non-hydrogen) atoms. The molecule has 1 aliphatic rings. The first-order valence-corrected chi connectivity index (χ1v) is 6.59. The van der Waals surface area contributed by atoms with Crippen LogP contribution in [-0.2, 0) is 20.7 Å². The van der Waals surface area contributed by atoms with Crippen molar-refractivity contribution in [3.8, 4) is 0 Å². The summed E-state index contributed by atoms with van der Waals surface area (Å²) >= 11 is 1.64. The fraction of sp³-hybridized carbons (Fsp3) is 0.500. The van der Waals surface area contributed by atoms with Crippen LogP contribution in [0.2, 0.25) is 0 Å². The zero-order chi connectivity index (χ0) is 12.1. The van der Waals surface area contributed by atoms with Gasteiger partial charge >= 0.3 is 5.97 Å². The van der Waals surface area contributed by atoms with E-state index in [-0.39, 0.29) is 24.3 Å². The number of ether oxygens (including phenoxy) is 1. The number of hydrogen-bond donors (Lipinski definition) is 1. The minimum Gasteiger partial charge on any atom is -0.464 e. The minimum absolute atomic E-state index is 0.0141. The van der Waals surface area contributed by atoms with Crippen molar-refractivity contribution in [2.24, 2.45) is 5.92 Å². The smallest absolute Gasteiger partial charge is 0.325 e. The summed E-state index contributed by atoms with van der Waals surface area (Å²) in [6.07, 6.45) is 2.62. The summed E-state index contributed by atoms with van der Waals surface area (Å²) in [4.78, 5) is 23.7. The predicted octanol–water partition coefficient (Wildman–Crippen LogP) is 1.36. The second-order valence-corrected chi connectivity index (χ2v) is 5.07. The fourth-order valence-corrected chi connectivity index (χ4v) is 2.11. The predicted molar refractivity (Wildman–Crippen MR) is 64.7 cm³/mol. The molecular weight excluding hydrogens is 238 g/mol. The first kappa shape index (κ1) is 12.1. The summed E-state index contributed by atoms with van der Waals surface area (Å²) in [7, 11) is 0. The molecule has 1 fully saturated rings. The lowest BCUT2D eigenvalue weighted by molar-refractivity contribution is -0.143. The molecule has 1 aromatic rings. The highest BCUT2D eigenvalue weighted by Crippen LogP contribution is 2.28. The molecule has 4 nitrogen and oxygen atoms in total. The molecule has 0 aromatic carbocycles. The zero-order valence-corrected chi connectivity index (χ0v) is 10.3. The van der Waals surface area contributed by atoms with E-state index in [9.17, 15) is 9.59 Å². The number of carbonyl (C=O) groups is 2. The highest BCUT2D eigenvalue weighted by molar-refractivity contribution is 7.09. The number of carbonyl (C=O) groups excluding carboxylic acids is 2. The molecule has 0 aliphatic heterocycles. The standard InChI is InChI=1S/C12H15NO3S/c14-11(8-13-12(15)9-3-4-9)16-6-5-10-2-1-7-17-10/h1-2,7,9H,3-6,8H2,(H,13,15). The van der Waals surface area contributed by atoms with Crippen molar-refractivity contribution < 1.29 is 14.3 Å². The van der Waals surface area contributed by atoms with E-state index in [4.69, 9.17) is 4.74 Å². The zero-order valence-electron chi connectivity index (χ0n) is 9.48. The average Bonchev–Trinajstić information content (AvgIpc) is 3.05. The second-order valence-electron chi connectivity index (χ2n) is 4.04. The third-order valence-corrected chi connectivity index (χ3v) is 3.48. The van der Waals surface area contributed by atoms with Crippen molar-refractivity contribution in [2.75, 3.05) is 13.2 Å². The van der Waals surface area contributed by atoms with Gasteiger partial charge in [0.25, 0.3) is 0 Å². The largest absolute Gasteiger partial charge is 0.464 e. The minimum atomic E-state index is -0.365. The average molecular weight is 253 g/mol. The molecule has 0 spiro atoms. The third-order valence-electron chi connectivity index (χ3n) is 2.55. The summed E-state index contributed by atoms with van der Waals surface area (Å²) in [5.74, 6) is -0.260. The van der Waals surface area contributed by atoms with Gasteiger partial charge < -0.3 is 10.1 Å². The van der Waals surface area contributed by atoms with Crippen LogP contribution in [0.1, 0.15) is 17.7 Å². The van der Waals surface area contributed by atoms with Crippen LogP contribution in [0.15, 0.2) is 17.5 Å². The summed E-state index contributed by atoms with van der Waals surface area (Å²) in [5.41, 5.74) is 0. The van der Waals surface area contributed by atoms with Gasteiger partial charge in [0.2, 0.25) is 5.91 Å². The normalized spacial score (nSPS) is 14.4. The Kier molecular flexibility index (Phi) is 4.14. The molecule has 92 valence electrons. The van der Waals surface area contributed by atoms with E-state index in [1.807, 2.05) is 17.5 Å². The van der Waals surface area contributed by atoms with Gasteiger partial charge in [0.15, 0.2) is 0 Å². The molecule has 1 heterocycles. The van der Waals surface area contributed by atoms with Crippen molar-refractivity contribution in [2.45, 2.75) is 19.3 Å². The SMILES string of the molecule is O=C(CNC(=O)C1CC1)OCCc1cccs1. The van der Waals surface area contributed by atoms with E-state index in [2.05, 4.69) is 5.32 Å². The maximum atomic E-state index is 11.3. The third kappa shape index (κ3) is 4.19. The molecule has 1 saturated carbocycles. The molecule has 0 bridgehead atoms. The summed E-state index contributed by atoms with van der Waals surface area (Å²) in [5, 5.41) is 4.57. The number of hydrogen-bond acceptors (Lipinski definition) is 4. The van der Waals surface area contributed by atoms with E-state index in [0.717, 1.165) is 19.3 Å². The quantitative estimate of drug-likeness (QED) is 0.779. The summed E-state index contributed by atoms with van der Waals surface area (Å²) in [6, 6.07) is 3.98. The lowest BCUT2D eigenvalue weighted by Gasteiger charge is -2.05. The van der Waals surface area contributed by atoms with Crippen LogP contribution >= 0.6 is 11.3 Å². The molecule has 1 N–H and O–H groups in total. The maximum absolute atomic E-state index is 11.3. The Hall–Kier alpha value is -1.36. The Bertz CT molecular complexity index is 384. The van der Waals surface area contributed by atoms with Crippen LogP contribution in [0.3, 0.4) is 0 Å². The Morgan fingerprint density at radius 1 is 1.47 bits per heavy atom. The van der Waals surface area contributed by atoms with Crippen LogP contribution in [0.4, 0.5) is 0 Å². The fourth-order valence-electron chi connectivity index (χ4n) is 1.42. The van der Waals surface area contributed by atoms with Crippen LogP contribution in [0, 0.1) is 5.92 Å². The first-order chi connectivity index (χ1) is 8.25. The number of amides is 1. The van der Waals surface area contributed by atoms with Gasteiger partial charge in [-0.1, -0.05) is 6.07 Å². The Balaban J connectivity index is 1.56. The highest BCUT2D eigenvalue weighted by Gasteiger charge is 2.29. The molecule has 0 saturated heterocycles. The van der Waals surface area contributed by atoms with Crippen molar-refractivity contribution in [1.82, 2.24) is 5.32 Å². The van der Waals surface area contributed by atoms with Gasteiger partial charge in [0, 0.05) is 17.2 Å². The highest BCUT2D eigenvalue weighted by atomic mass is 32.1. The van der Waals surface area contributed by atoms with Crippen molar-refractivity contribution in [1.29, 1.82) is 0 Å². The Morgan fingerprint density at radius 2 is 2.29 bits per heavy atom. The molecule has 0 unspecified atom stereocenters. The lowest BCUT2D eigenvalue weighted by Crippen LogP contribution is -2.31. The van der Waals surface area contributed by atoms with E-state index in [0.29, 0.717) is 6.61 Å². The number of nitrogens with one attached hydrogen (secondary N) is 1. The van der Waals surface area contributed by atoms with Gasteiger partial charge in [-0.05, 0) is 24.3 Å². The number of rotatable bonds is 6. The summed E-state index contributed by atoms with van der Waals surface area (Å²) in [6.45, 7) is 0.360. The van der Waals surface area contributed by atoms with Crippen LogP contribution in [0.25, 0.3) is 0 Å². The number of esters is 1. The van der Waals surface area contributed by atoms with Gasteiger partial charge in [-0.3, -0.25) is 9.59 Å². The van der Waals surface area contributed by atoms with Crippen LogP contribution in [0.5, 0.6) is 0 Å². The maximum Gasteiger partial charge on any atom is 0.325 e. The Morgan fingerprint density at radius 3 is 2.94 bits per heavy atom. The van der Waals surface area contributed by atoms with Crippen molar-refractivity contribution in [3.05, 3.63) is 22.4 Å². The van der Waals surface area contributed by atoms with E-state index >= 15 is 0 Å². The summed E-state index contributed by atoms with van der Waals surface area (Å²) < 4.78 is 5.02. The lowest BCUT2D eigenvalue weighted by atomic mass is 10.4. The van der Waals surface area contributed by atoms with Crippen LogP contribution < -0.4 is 5.32 Å². The molecule has 1 aromatic heterocycles. The number of thiophene rings is 1. The van der Waals surface area contributed by atoms with E-state index in [1.165, 1.54) is 4.88 Å². The van der Waals surface area contributed by atoms with Crippen LogP contribution in [-0.4, -0.2) is 25.0 Å².